The van der Waals surface area contributed by atoms with Gasteiger partial charge in [-0.25, -0.2) is 9.97 Å². The number of amides is 1. The van der Waals surface area contributed by atoms with Crippen molar-refractivity contribution in [3.63, 3.8) is 0 Å². The predicted octanol–water partition coefficient (Wildman–Crippen LogP) is 3.54. The van der Waals surface area contributed by atoms with Gasteiger partial charge in [-0.05, 0) is 31.2 Å². The molecule has 1 aromatic heterocycles. The van der Waals surface area contributed by atoms with Crippen LogP contribution >= 0.6 is 0 Å². The Balaban J connectivity index is 1.45. The van der Waals surface area contributed by atoms with E-state index in [1.807, 2.05) is 11.0 Å². The molecule has 0 unspecified atom stereocenters. The molecule has 0 saturated carbocycles. The molecule has 1 fully saturated rings. The Kier molecular flexibility index (Phi) is 6.37. The van der Waals surface area contributed by atoms with Crippen molar-refractivity contribution in [2.24, 2.45) is 0 Å². The van der Waals surface area contributed by atoms with E-state index in [-0.39, 0.29) is 5.91 Å². The number of carbonyl (C=O) groups excluding carboxylic acids is 1. The first-order chi connectivity index (χ1) is 12.3. The minimum Gasteiger partial charge on any atom is -0.354 e. The zero-order valence-electron chi connectivity index (χ0n) is 14.7. The molecule has 1 N–H and O–H groups in total. The van der Waals surface area contributed by atoms with E-state index in [0.29, 0.717) is 11.5 Å². The summed E-state index contributed by atoms with van der Waals surface area (Å²) in [4.78, 5) is 23.0. The Morgan fingerprint density at radius 3 is 2.36 bits per heavy atom. The molecule has 0 spiro atoms. The molecule has 2 heterocycles. The van der Waals surface area contributed by atoms with Crippen molar-refractivity contribution >= 4 is 11.9 Å². The number of benzene rings is 1. The van der Waals surface area contributed by atoms with Gasteiger partial charge >= 0.3 is 0 Å². The van der Waals surface area contributed by atoms with Crippen molar-refractivity contribution in [3.05, 3.63) is 53.9 Å². The van der Waals surface area contributed by atoms with Gasteiger partial charge in [0.2, 0.25) is 5.95 Å². The molecule has 1 saturated heterocycles. The Morgan fingerprint density at radius 2 is 1.68 bits per heavy atom. The molecule has 0 atom stereocenters. The van der Waals surface area contributed by atoms with E-state index >= 15 is 0 Å². The first-order valence-electron chi connectivity index (χ1n) is 9.22. The number of hydrogen-bond donors (Lipinski definition) is 1. The van der Waals surface area contributed by atoms with Crippen molar-refractivity contribution in [1.82, 2.24) is 14.9 Å². The second kappa shape index (κ2) is 9.16. The SMILES string of the molecule is O=C(c1cnc(NCCCc2ccccc2)nc1)N1CCCCCC1. The molecule has 25 heavy (non-hydrogen) atoms. The van der Waals surface area contributed by atoms with Crippen LogP contribution in [0.25, 0.3) is 0 Å². The third kappa shape index (κ3) is 5.28. The van der Waals surface area contributed by atoms with Gasteiger partial charge in [-0.2, -0.15) is 0 Å². The van der Waals surface area contributed by atoms with Crippen LogP contribution in [0.2, 0.25) is 0 Å². The molecule has 2 aromatic rings. The zero-order valence-corrected chi connectivity index (χ0v) is 14.7. The molecule has 1 aliphatic rings. The van der Waals surface area contributed by atoms with E-state index in [1.54, 1.807) is 12.4 Å². The normalized spacial score (nSPS) is 14.8. The van der Waals surface area contributed by atoms with E-state index in [4.69, 9.17) is 0 Å². The van der Waals surface area contributed by atoms with Crippen LogP contribution in [0.3, 0.4) is 0 Å². The topological polar surface area (TPSA) is 58.1 Å². The quantitative estimate of drug-likeness (QED) is 0.819. The average Bonchev–Trinajstić information content (AvgIpc) is 2.95. The minimum atomic E-state index is 0.0533. The summed E-state index contributed by atoms with van der Waals surface area (Å²) in [5, 5.41) is 3.22. The summed E-state index contributed by atoms with van der Waals surface area (Å²) >= 11 is 0. The van der Waals surface area contributed by atoms with Gasteiger partial charge < -0.3 is 10.2 Å². The predicted molar refractivity (Wildman–Crippen MR) is 99.7 cm³/mol. The van der Waals surface area contributed by atoms with Crippen LogP contribution in [0.15, 0.2) is 42.7 Å². The van der Waals surface area contributed by atoms with Crippen molar-refractivity contribution < 1.29 is 4.79 Å². The number of hydrogen-bond acceptors (Lipinski definition) is 4. The maximum atomic E-state index is 12.5. The Hall–Kier alpha value is -2.43. The van der Waals surface area contributed by atoms with E-state index in [1.165, 1.54) is 18.4 Å². The van der Waals surface area contributed by atoms with Crippen LogP contribution in [0.5, 0.6) is 0 Å². The van der Waals surface area contributed by atoms with Crippen molar-refractivity contribution in [3.8, 4) is 0 Å². The fourth-order valence-electron chi connectivity index (χ4n) is 3.12. The maximum absolute atomic E-state index is 12.5. The standard InChI is InChI=1S/C20H26N4O/c25-19(24-13-6-1-2-7-14-24)18-15-22-20(23-16-18)21-12-8-11-17-9-4-3-5-10-17/h3-5,9-10,15-16H,1-2,6-8,11-14H2,(H,21,22,23). The second-order valence-electron chi connectivity index (χ2n) is 6.52. The number of aromatic nitrogens is 2. The molecule has 0 bridgehead atoms. The summed E-state index contributed by atoms with van der Waals surface area (Å²) in [5.74, 6) is 0.637. The van der Waals surface area contributed by atoms with Gasteiger partial charge in [-0.15, -0.1) is 0 Å². The molecule has 1 aromatic carbocycles. The first kappa shape index (κ1) is 17.4. The highest BCUT2D eigenvalue weighted by molar-refractivity contribution is 5.93. The molecular formula is C20H26N4O. The fraction of sp³-hybridized carbons (Fsp3) is 0.450. The molecule has 3 rings (SSSR count). The van der Waals surface area contributed by atoms with Gasteiger partial charge in [-0.1, -0.05) is 43.2 Å². The third-order valence-corrected chi connectivity index (χ3v) is 4.56. The van der Waals surface area contributed by atoms with Crippen LogP contribution in [-0.2, 0) is 6.42 Å². The highest BCUT2D eigenvalue weighted by Crippen LogP contribution is 2.13. The van der Waals surface area contributed by atoms with Crippen molar-refractivity contribution in [1.29, 1.82) is 0 Å². The molecule has 0 aliphatic carbocycles. The van der Waals surface area contributed by atoms with Crippen LogP contribution < -0.4 is 5.32 Å². The van der Waals surface area contributed by atoms with Crippen LogP contribution in [0.1, 0.15) is 48.0 Å². The summed E-state index contributed by atoms with van der Waals surface area (Å²) in [6, 6.07) is 10.4. The summed E-state index contributed by atoms with van der Waals surface area (Å²) in [7, 11) is 0. The fourth-order valence-corrected chi connectivity index (χ4v) is 3.12. The van der Waals surface area contributed by atoms with Crippen LogP contribution in [-0.4, -0.2) is 40.4 Å². The van der Waals surface area contributed by atoms with E-state index < -0.39 is 0 Å². The summed E-state index contributed by atoms with van der Waals surface area (Å²) in [5.41, 5.74) is 1.92. The average molecular weight is 338 g/mol. The molecule has 132 valence electrons. The lowest BCUT2D eigenvalue weighted by atomic mass is 10.1. The lowest BCUT2D eigenvalue weighted by molar-refractivity contribution is 0.0761. The van der Waals surface area contributed by atoms with Gasteiger partial charge in [0.25, 0.3) is 5.91 Å². The molecule has 5 heteroatoms. The second-order valence-corrected chi connectivity index (χ2v) is 6.52. The van der Waals surface area contributed by atoms with Gasteiger partial charge in [0.05, 0.1) is 5.56 Å². The largest absolute Gasteiger partial charge is 0.354 e. The van der Waals surface area contributed by atoms with E-state index in [9.17, 15) is 4.79 Å². The van der Waals surface area contributed by atoms with Crippen LogP contribution in [0.4, 0.5) is 5.95 Å². The number of anilines is 1. The summed E-state index contributed by atoms with van der Waals surface area (Å²) < 4.78 is 0. The van der Waals surface area contributed by atoms with Crippen molar-refractivity contribution in [2.75, 3.05) is 25.0 Å². The number of nitrogens with zero attached hydrogens (tertiary/aromatic N) is 3. The van der Waals surface area contributed by atoms with Crippen LogP contribution in [0, 0.1) is 0 Å². The van der Waals surface area contributed by atoms with E-state index in [2.05, 4.69) is 39.6 Å². The minimum absolute atomic E-state index is 0.0533. The monoisotopic (exact) mass is 338 g/mol. The van der Waals surface area contributed by atoms with Gasteiger partial charge in [-0.3, -0.25) is 4.79 Å². The Morgan fingerprint density at radius 1 is 1.00 bits per heavy atom. The summed E-state index contributed by atoms with van der Waals surface area (Å²) in [6.07, 6.45) is 9.93. The van der Waals surface area contributed by atoms with Crippen molar-refractivity contribution in [2.45, 2.75) is 38.5 Å². The number of nitrogens with one attached hydrogen (secondary N) is 1. The third-order valence-electron chi connectivity index (χ3n) is 4.56. The smallest absolute Gasteiger partial charge is 0.256 e. The Labute approximate surface area is 149 Å². The molecule has 1 aliphatic heterocycles. The lowest BCUT2D eigenvalue weighted by Gasteiger charge is -2.19. The highest BCUT2D eigenvalue weighted by Gasteiger charge is 2.17. The highest BCUT2D eigenvalue weighted by atomic mass is 16.2. The molecule has 1 amide bonds. The number of rotatable bonds is 6. The maximum Gasteiger partial charge on any atom is 0.256 e. The Bertz CT molecular complexity index is 649. The summed E-state index contributed by atoms with van der Waals surface area (Å²) in [6.45, 7) is 2.50. The molecular weight excluding hydrogens is 312 g/mol. The number of aryl methyl sites for hydroxylation is 1. The van der Waals surface area contributed by atoms with Gasteiger partial charge in [0.15, 0.2) is 0 Å². The zero-order chi connectivity index (χ0) is 17.3. The van der Waals surface area contributed by atoms with Gasteiger partial charge in [0, 0.05) is 32.0 Å². The lowest BCUT2D eigenvalue weighted by Crippen LogP contribution is -2.32. The molecule has 0 radical (unpaired) electrons. The van der Waals surface area contributed by atoms with E-state index in [0.717, 1.165) is 45.3 Å². The molecule has 5 nitrogen and oxygen atoms in total. The van der Waals surface area contributed by atoms with Gasteiger partial charge in [0.1, 0.15) is 0 Å². The number of likely N-dealkylation sites (tertiary alicyclic amines) is 1. The number of carbonyl (C=O) groups is 1. The first-order valence-corrected chi connectivity index (χ1v) is 9.22.